The van der Waals surface area contributed by atoms with Crippen LogP contribution in [-0.2, 0) is 26.5 Å². The molecule has 0 spiro atoms. The van der Waals surface area contributed by atoms with Crippen molar-refractivity contribution in [2.45, 2.75) is 95.2 Å². The van der Waals surface area contributed by atoms with Gasteiger partial charge in [-0.25, -0.2) is 17.9 Å². The number of hydrogen-bond acceptors (Lipinski definition) is 6. The summed E-state index contributed by atoms with van der Waals surface area (Å²) in [5.74, 6) is 1.31. The van der Waals surface area contributed by atoms with Crippen molar-refractivity contribution in [2.24, 2.45) is 0 Å². The predicted molar refractivity (Wildman–Crippen MR) is 132 cm³/mol. The van der Waals surface area contributed by atoms with Crippen molar-refractivity contribution in [3.8, 4) is 0 Å². The number of alkyl carbamates (subject to hydrolysis) is 1. The number of nitrogens with zero attached hydrogens (tertiary/aromatic N) is 2. The summed E-state index contributed by atoms with van der Waals surface area (Å²) < 4.78 is 32.3. The Hall–Kier alpha value is -2.55. The van der Waals surface area contributed by atoms with Crippen LogP contribution in [0.15, 0.2) is 29.2 Å². The number of hydrogen-bond donors (Lipinski definition) is 2. The summed E-state index contributed by atoms with van der Waals surface area (Å²) in [5.41, 5.74) is 2.44. The van der Waals surface area contributed by atoms with Gasteiger partial charge in [-0.3, -0.25) is 0 Å². The van der Waals surface area contributed by atoms with Crippen molar-refractivity contribution in [2.75, 3.05) is 11.1 Å². The third-order valence-corrected chi connectivity index (χ3v) is 8.28. The number of ether oxygens (including phenoxy) is 1. The molecule has 0 unspecified atom stereocenters. The van der Waals surface area contributed by atoms with Gasteiger partial charge in [-0.1, -0.05) is 6.07 Å². The van der Waals surface area contributed by atoms with Crippen LogP contribution in [0.2, 0.25) is 0 Å². The van der Waals surface area contributed by atoms with Gasteiger partial charge in [-0.05, 0) is 84.4 Å². The number of rotatable bonds is 5. The summed E-state index contributed by atoms with van der Waals surface area (Å²) in [4.78, 5) is 12.4. The van der Waals surface area contributed by atoms with Gasteiger partial charge in [0.15, 0.2) is 9.84 Å². The normalized spacial score (nSPS) is 21.8. The number of nitrogens with one attached hydrogen (secondary N) is 2. The first-order chi connectivity index (χ1) is 15.9. The van der Waals surface area contributed by atoms with Gasteiger partial charge >= 0.3 is 6.09 Å². The van der Waals surface area contributed by atoms with Crippen molar-refractivity contribution >= 4 is 27.4 Å². The van der Waals surface area contributed by atoms with Crippen molar-refractivity contribution in [3.63, 3.8) is 0 Å². The average Bonchev–Trinajstić information content (AvgIpc) is 3.30. The summed E-state index contributed by atoms with van der Waals surface area (Å²) in [6.45, 7) is 10.1. The van der Waals surface area contributed by atoms with Gasteiger partial charge in [0, 0.05) is 23.7 Å². The van der Waals surface area contributed by atoms with Crippen LogP contribution in [0.3, 0.4) is 0 Å². The molecule has 0 bridgehead atoms. The number of sulfone groups is 1. The first kappa shape index (κ1) is 24.6. The lowest BCUT2D eigenvalue weighted by atomic mass is 9.85. The third kappa shape index (κ3) is 5.24. The highest BCUT2D eigenvalue weighted by molar-refractivity contribution is 7.91. The Labute approximate surface area is 202 Å². The summed E-state index contributed by atoms with van der Waals surface area (Å²) in [7, 11) is -3.19. The molecule has 186 valence electrons. The van der Waals surface area contributed by atoms with Crippen molar-refractivity contribution in [3.05, 3.63) is 35.5 Å². The minimum atomic E-state index is -3.19. The Balaban J connectivity index is 1.52. The number of fused-ring (bicyclic) bond motifs is 1. The first-order valence-electron chi connectivity index (χ1n) is 12.1. The molecule has 8 nitrogen and oxygen atoms in total. The Bertz CT molecular complexity index is 1160. The molecule has 0 saturated heterocycles. The lowest BCUT2D eigenvalue weighted by molar-refractivity contribution is 0.0696. The molecule has 1 fully saturated rings. The average molecular weight is 489 g/mol. The summed E-state index contributed by atoms with van der Waals surface area (Å²) in [6.07, 6.45) is 3.53. The quantitative estimate of drug-likeness (QED) is 0.622. The molecule has 1 aliphatic carbocycles. The SMILES string of the molecule is CC(C)NC(=O)OC1CCC(c2cc(Nc3cccc4c3CCS4(=O)=O)n(C(C)(C)C)n2)CC1. The Morgan fingerprint density at radius 3 is 2.53 bits per heavy atom. The molecule has 1 aliphatic heterocycles. The second-order valence-corrected chi connectivity index (χ2v) is 12.8. The lowest BCUT2D eigenvalue weighted by Crippen LogP contribution is -2.35. The Kier molecular flexibility index (Phi) is 6.68. The number of amides is 1. The lowest BCUT2D eigenvalue weighted by Gasteiger charge is -2.28. The second-order valence-electron chi connectivity index (χ2n) is 10.7. The molecule has 0 atom stereocenters. The number of carbonyl (C=O) groups excluding carboxylic acids is 1. The van der Waals surface area contributed by atoms with E-state index < -0.39 is 9.84 Å². The fourth-order valence-corrected chi connectivity index (χ4v) is 6.38. The zero-order valence-corrected chi connectivity index (χ0v) is 21.5. The van der Waals surface area contributed by atoms with Gasteiger partial charge < -0.3 is 15.4 Å². The smallest absolute Gasteiger partial charge is 0.407 e. The van der Waals surface area contributed by atoms with E-state index >= 15 is 0 Å². The van der Waals surface area contributed by atoms with Crippen LogP contribution in [0.25, 0.3) is 0 Å². The molecule has 1 saturated carbocycles. The maximum atomic E-state index is 12.4. The second kappa shape index (κ2) is 9.24. The minimum absolute atomic E-state index is 0.0575. The molecule has 2 heterocycles. The molecule has 9 heteroatoms. The zero-order chi connectivity index (χ0) is 24.7. The summed E-state index contributed by atoms with van der Waals surface area (Å²) in [5, 5.41) is 11.2. The number of benzene rings is 1. The molecular formula is C25H36N4O4S. The van der Waals surface area contributed by atoms with E-state index in [4.69, 9.17) is 9.84 Å². The van der Waals surface area contributed by atoms with Gasteiger partial charge in [0.25, 0.3) is 0 Å². The largest absolute Gasteiger partial charge is 0.446 e. The molecule has 34 heavy (non-hydrogen) atoms. The number of aromatic nitrogens is 2. The first-order valence-corrected chi connectivity index (χ1v) is 13.8. The van der Waals surface area contributed by atoms with Crippen LogP contribution in [0.5, 0.6) is 0 Å². The van der Waals surface area contributed by atoms with Gasteiger partial charge in [-0.2, -0.15) is 5.10 Å². The fraction of sp³-hybridized carbons (Fsp3) is 0.600. The molecule has 1 amide bonds. The summed E-state index contributed by atoms with van der Waals surface area (Å²) in [6, 6.07) is 7.56. The maximum Gasteiger partial charge on any atom is 0.407 e. The van der Waals surface area contributed by atoms with E-state index in [2.05, 4.69) is 37.5 Å². The van der Waals surface area contributed by atoms with Gasteiger partial charge in [0.05, 0.1) is 21.9 Å². The molecule has 2 N–H and O–H groups in total. The van der Waals surface area contributed by atoms with Crippen LogP contribution in [-0.4, -0.2) is 42.2 Å². The minimum Gasteiger partial charge on any atom is -0.446 e. The number of carbonyl (C=O) groups is 1. The highest BCUT2D eigenvalue weighted by Crippen LogP contribution is 2.38. The van der Waals surface area contributed by atoms with Crippen LogP contribution < -0.4 is 10.6 Å². The van der Waals surface area contributed by atoms with Gasteiger partial charge in [0.2, 0.25) is 0 Å². The topological polar surface area (TPSA) is 102 Å². The third-order valence-electron chi connectivity index (χ3n) is 6.49. The van der Waals surface area contributed by atoms with Gasteiger partial charge in [-0.15, -0.1) is 0 Å². The Morgan fingerprint density at radius 2 is 1.88 bits per heavy atom. The molecule has 2 aliphatic rings. The van der Waals surface area contributed by atoms with E-state index in [1.807, 2.05) is 24.6 Å². The van der Waals surface area contributed by atoms with Crippen molar-refractivity contribution in [1.82, 2.24) is 15.1 Å². The fourth-order valence-electron chi connectivity index (χ4n) is 4.81. The molecule has 0 radical (unpaired) electrons. The van der Waals surface area contributed by atoms with Crippen LogP contribution in [0, 0.1) is 0 Å². The van der Waals surface area contributed by atoms with E-state index in [1.165, 1.54) is 0 Å². The van der Waals surface area contributed by atoms with Gasteiger partial charge in [0.1, 0.15) is 11.9 Å². The van der Waals surface area contributed by atoms with E-state index in [0.717, 1.165) is 48.4 Å². The van der Waals surface area contributed by atoms with E-state index in [1.54, 1.807) is 12.1 Å². The highest BCUT2D eigenvalue weighted by atomic mass is 32.2. The van der Waals surface area contributed by atoms with Crippen molar-refractivity contribution in [1.29, 1.82) is 0 Å². The van der Waals surface area contributed by atoms with E-state index in [9.17, 15) is 13.2 Å². The molecule has 4 rings (SSSR count). The molecule has 1 aromatic carbocycles. The molecule has 2 aromatic rings. The highest BCUT2D eigenvalue weighted by Gasteiger charge is 2.31. The Morgan fingerprint density at radius 1 is 1.18 bits per heavy atom. The zero-order valence-electron chi connectivity index (χ0n) is 20.7. The van der Waals surface area contributed by atoms with Crippen molar-refractivity contribution < 1.29 is 17.9 Å². The van der Waals surface area contributed by atoms with Crippen LogP contribution in [0.4, 0.5) is 16.3 Å². The van der Waals surface area contributed by atoms with Crippen LogP contribution >= 0.6 is 0 Å². The van der Waals surface area contributed by atoms with E-state index in [-0.39, 0.29) is 29.5 Å². The number of anilines is 2. The van der Waals surface area contributed by atoms with E-state index in [0.29, 0.717) is 17.2 Å². The molecular weight excluding hydrogens is 452 g/mol. The maximum absolute atomic E-state index is 12.4. The monoisotopic (exact) mass is 488 g/mol. The summed E-state index contributed by atoms with van der Waals surface area (Å²) >= 11 is 0. The standard InChI is InChI=1S/C25H36N4O4S/c1-16(2)26-24(30)33-18-11-9-17(10-12-18)21-15-23(29(28-21)25(3,4)5)27-20-7-6-8-22-19(20)13-14-34(22,31)32/h6-8,15-18,27H,9-14H2,1-5H3,(H,26,30). The molecule has 1 aromatic heterocycles. The predicted octanol–water partition coefficient (Wildman–Crippen LogP) is 4.87. The van der Waals surface area contributed by atoms with Crippen LogP contribution in [0.1, 0.15) is 77.5 Å².